The number of amides is 1. The Labute approximate surface area is 142 Å². The van der Waals surface area contributed by atoms with Crippen molar-refractivity contribution in [2.75, 3.05) is 11.9 Å². The molecule has 1 N–H and O–H groups in total. The summed E-state index contributed by atoms with van der Waals surface area (Å²) in [6.07, 6.45) is 1.85. The van der Waals surface area contributed by atoms with E-state index in [1.165, 1.54) is 0 Å². The van der Waals surface area contributed by atoms with Crippen molar-refractivity contribution in [3.63, 3.8) is 0 Å². The van der Waals surface area contributed by atoms with Gasteiger partial charge < -0.3 is 9.84 Å². The van der Waals surface area contributed by atoms with E-state index in [2.05, 4.69) is 20.4 Å². The molecule has 1 aromatic carbocycles. The van der Waals surface area contributed by atoms with Gasteiger partial charge in [0.25, 0.3) is 0 Å². The molecule has 1 atom stereocenters. The lowest BCUT2D eigenvalue weighted by Gasteiger charge is -2.22. The second kappa shape index (κ2) is 6.73. The second-order valence-electron chi connectivity index (χ2n) is 7.25. The van der Waals surface area contributed by atoms with Gasteiger partial charge in [-0.1, -0.05) is 44.1 Å². The quantitative estimate of drug-likeness (QED) is 0.934. The third-order valence-corrected chi connectivity index (χ3v) is 4.16. The molecular formula is C18H24N4O2. The number of aromatic nitrogens is 2. The zero-order valence-electron chi connectivity index (χ0n) is 14.5. The minimum Gasteiger partial charge on any atom is -0.339 e. The number of carbonyl (C=O) groups is 1. The van der Waals surface area contributed by atoms with Crippen LogP contribution in [0.5, 0.6) is 0 Å². The third-order valence-electron chi connectivity index (χ3n) is 4.16. The maximum Gasteiger partial charge on any atom is 0.241 e. The highest BCUT2D eigenvalue weighted by atomic mass is 16.5. The van der Waals surface area contributed by atoms with Crippen LogP contribution in [-0.4, -0.2) is 33.5 Å². The van der Waals surface area contributed by atoms with E-state index in [0.717, 1.165) is 25.1 Å². The number of carbonyl (C=O) groups excluding carboxylic acids is 1. The van der Waals surface area contributed by atoms with Gasteiger partial charge in [0, 0.05) is 11.1 Å². The molecule has 0 spiro atoms. The molecule has 0 bridgehead atoms. The summed E-state index contributed by atoms with van der Waals surface area (Å²) in [7, 11) is 0. The van der Waals surface area contributed by atoms with E-state index in [0.29, 0.717) is 18.3 Å². The summed E-state index contributed by atoms with van der Waals surface area (Å²) < 4.78 is 5.34. The van der Waals surface area contributed by atoms with Crippen LogP contribution in [0.3, 0.4) is 0 Å². The van der Waals surface area contributed by atoms with Crippen LogP contribution in [0.1, 0.15) is 45.3 Å². The fraction of sp³-hybridized carbons (Fsp3) is 0.500. The largest absolute Gasteiger partial charge is 0.339 e. The van der Waals surface area contributed by atoms with Crippen LogP contribution < -0.4 is 5.32 Å². The van der Waals surface area contributed by atoms with E-state index < -0.39 is 0 Å². The van der Waals surface area contributed by atoms with Crippen LogP contribution in [0, 0.1) is 0 Å². The molecule has 3 rings (SSSR count). The normalized spacial score (nSPS) is 18.7. The first-order chi connectivity index (χ1) is 11.4. The first-order valence-electron chi connectivity index (χ1n) is 8.36. The fourth-order valence-electron chi connectivity index (χ4n) is 2.86. The van der Waals surface area contributed by atoms with Gasteiger partial charge in [0.1, 0.15) is 0 Å². The Balaban J connectivity index is 1.65. The molecule has 6 nitrogen and oxygen atoms in total. The van der Waals surface area contributed by atoms with E-state index >= 15 is 0 Å². The summed E-state index contributed by atoms with van der Waals surface area (Å²) in [5, 5.41) is 7.05. The van der Waals surface area contributed by atoms with E-state index in [1.807, 2.05) is 51.1 Å². The van der Waals surface area contributed by atoms with Gasteiger partial charge in [0.2, 0.25) is 11.8 Å². The number of benzene rings is 1. The van der Waals surface area contributed by atoms with Crippen LogP contribution >= 0.6 is 0 Å². The molecule has 128 valence electrons. The van der Waals surface area contributed by atoms with Crippen molar-refractivity contribution >= 4 is 11.6 Å². The summed E-state index contributed by atoms with van der Waals surface area (Å²) in [6.45, 7) is 7.52. The number of hydrogen-bond acceptors (Lipinski definition) is 5. The van der Waals surface area contributed by atoms with Gasteiger partial charge in [-0.05, 0) is 31.5 Å². The van der Waals surface area contributed by atoms with Crippen LogP contribution in [0.4, 0.5) is 5.69 Å². The molecule has 6 heteroatoms. The zero-order chi connectivity index (χ0) is 17.2. The van der Waals surface area contributed by atoms with Crippen molar-refractivity contribution in [3.05, 3.63) is 42.0 Å². The molecule has 1 aliphatic rings. The van der Waals surface area contributed by atoms with E-state index in [-0.39, 0.29) is 17.4 Å². The molecule has 1 amide bonds. The van der Waals surface area contributed by atoms with Crippen LogP contribution in [-0.2, 0) is 16.8 Å². The van der Waals surface area contributed by atoms with Gasteiger partial charge in [-0.2, -0.15) is 4.98 Å². The first kappa shape index (κ1) is 16.6. The third kappa shape index (κ3) is 3.82. The minimum atomic E-state index is -0.166. The summed E-state index contributed by atoms with van der Waals surface area (Å²) >= 11 is 0. The Morgan fingerprint density at radius 2 is 2.08 bits per heavy atom. The van der Waals surface area contributed by atoms with Gasteiger partial charge in [-0.15, -0.1) is 0 Å². The lowest BCUT2D eigenvalue weighted by molar-refractivity contribution is -0.120. The fourth-order valence-corrected chi connectivity index (χ4v) is 2.86. The molecule has 0 radical (unpaired) electrons. The second-order valence-corrected chi connectivity index (χ2v) is 7.25. The molecule has 1 saturated heterocycles. The van der Waals surface area contributed by atoms with Crippen molar-refractivity contribution < 1.29 is 9.32 Å². The molecule has 2 heterocycles. The van der Waals surface area contributed by atoms with Crippen LogP contribution in [0.25, 0.3) is 0 Å². The smallest absolute Gasteiger partial charge is 0.241 e. The highest BCUT2D eigenvalue weighted by molar-refractivity contribution is 5.94. The number of para-hydroxylation sites is 1. The lowest BCUT2D eigenvalue weighted by atomic mass is 9.97. The summed E-state index contributed by atoms with van der Waals surface area (Å²) in [4.78, 5) is 19.2. The molecule has 0 unspecified atom stereocenters. The van der Waals surface area contributed by atoms with Crippen LogP contribution in [0.2, 0.25) is 0 Å². The highest BCUT2D eigenvalue weighted by Gasteiger charge is 2.32. The Kier molecular flexibility index (Phi) is 4.66. The number of hydrogen-bond donors (Lipinski definition) is 1. The molecular weight excluding hydrogens is 304 g/mol. The van der Waals surface area contributed by atoms with E-state index in [1.54, 1.807) is 0 Å². The van der Waals surface area contributed by atoms with Gasteiger partial charge in [-0.25, -0.2) is 0 Å². The van der Waals surface area contributed by atoms with Crippen molar-refractivity contribution in [2.45, 2.75) is 51.6 Å². The summed E-state index contributed by atoms with van der Waals surface area (Å²) in [6, 6.07) is 9.39. The maximum atomic E-state index is 12.6. The standard InChI is InChI=1S/C18H24N4O2/c1-18(2,3)17-20-15(21-24-17)12-22-11-7-10-14(22)16(23)19-13-8-5-4-6-9-13/h4-6,8-9,14H,7,10-12H2,1-3H3,(H,19,23)/t14-/m1/s1. The monoisotopic (exact) mass is 328 g/mol. The number of likely N-dealkylation sites (tertiary alicyclic amines) is 1. The van der Waals surface area contributed by atoms with Gasteiger partial charge >= 0.3 is 0 Å². The molecule has 0 saturated carbocycles. The number of rotatable bonds is 4. The van der Waals surface area contributed by atoms with Crippen LogP contribution in [0.15, 0.2) is 34.9 Å². The first-order valence-corrected chi connectivity index (χ1v) is 8.36. The molecule has 0 aliphatic carbocycles. The highest BCUT2D eigenvalue weighted by Crippen LogP contribution is 2.23. The SMILES string of the molecule is CC(C)(C)c1nc(CN2CCC[C@@H]2C(=O)Nc2ccccc2)no1. The summed E-state index contributed by atoms with van der Waals surface area (Å²) in [5.74, 6) is 1.29. The average molecular weight is 328 g/mol. The molecule has 1 fully saturated rings. The number of anilines is 1. The van der Waals surface area contributed by atoms with Crippen molar-refractivity contribution in [3.8, 4) is 0 Å². The van der Waals surface area contributed by atoms with E-state index in [4.69, 9.17) is 4.52 Å². The maximum absolute atomic E-state index is 12.6. The van der Waals surface area contributed by atoms with Gasteiger partial charge in [0.15, 0.2) is 5.82 Å². The summed E-state index contributed by atoms with van der Waals surface area (Å²) in [5.41, 5.74) is 0.657. The Bertz CT molecular complexity index is 691. The topological polar surface area (TPSA) is 71.3 Å². The Hall–Kier alpha value is -2.21. The lowest BCUT2D eigenvalue weighted by Crippen LogP contribution is -2.39. The predicted octanol–water partition coefficient (Wildman–Crippen LogP) is 2.97. The molecule has 1 aromatic heterocycles. The van der Waals surface area contributed by atoms with E-state index in [9.17, 15) is 4.79 Å². The Morgan fingerprint density at radius 3 is 2.75 bits per heavy atom. The Morgan fingerprint density at radius 1 is 1.33 bits per heavy atom. The van der Waals surface area contributed by atoms with Gasteiger partial charge in [0.05, 0.1) is 12.6 Å². The minimum absolute atomic E-state index is 0.0261. The molecule has 24 heavy (non-hydrogen) atoms. The van der Waals surface area contributed by atoms with Crippen molar-refractivity contribution in [2.24, 2.45) is 0 Å². The van der Waals surface area contributed by atoms with Crippen molar-refractivity contribution in [1.82, 2.24) is 15.0 Å². The zero-order valence-corrected chi connectivity index (χ0v) is 14.5. The average Bonchev–Trinajstić information content (AvgIpc) is 3.17. The predicted molar refractivity (Wildman–Crippen MR) is 91.5 cm³/mol. The molecule has 1 aliphatic heterocycles. The van der Waals surface area contributed by atoms with Crippen molar-refractivity contribution in [1.29, 1.82) is 0 Å². The van der Waals surface area contributed by atoms with Gasteiger partial charge in [-0.3, -0.25) is 9.69 Å². The molecule has 2 aromatic rings. The number of nitrogens with one attached hydrogen (secondary N) is 1. The number of nitrogens with zero attached hydrogens (tertiary/aromatic N) is 3.